The predicted molar refractivity (Wildman–Crippen MR) is 91.7 cm³/mol. The van der Waals surface area contributed by atoms with Crippen molar-refractivity contribution in [2.45, 2.75) is 13.0 Å². The normalized spacial score (nSPS) is 12.0. The first-order valence-corrected chi connectivity index (χ1v) is 8.20. The second kappa shape index (κ2) is 6.98. The molecule has 0 aliphatic heterocycles. The lowest BCUT2D eigenvalue weighted by atomic mass is 10.2. The van der Waals surface area contributed by atoms with E-state index < -0.39 is 29.6 Å². The van der Waals surface area contributed by atoms with Gasteiger partial charge in [-0.05, 0) is 54.8 Å². The minimum absolute atomic E-state index is 0.269. The van der Waals surface area contributed by atoms with Crippen LogP contribution < -0.4 is 5.32 Å². The molecule has 2 aromatic carbocycles. The van der Waals surface area contributed by atoms with Gasteiger partial charge >= 0.3 is 5.97 Å². The van der Waals surface area contributed by atoms with Gasteiger partial charge in [0.25, 0.3) is 5.91 Å². The van der Waals surface area contributed by atoms with Gasteiger partial charge < -0.3 is 10.1 Å². The molecule has 0 aliphatic rings. The molecule has 3 rings (SSSR count). The van der Waals surface area contributed by atoms with E-state index in [1.54, 1.807) is 6.07 Å². The number of fused-ring (bicyclic) bond motifs is 1. The minimum Gasteiger partial charge on any atom is -0.448 e. The Bertz CT molecular complexity index is 954. The number of nitrogens with one attached hydrogen (secondary N) is 1. The minimum atomic E-state index is -1.07. The smallest absolute Gasteiger partial charge is 0.349 e. The van der Waals surface area contributed by atoms with Crippen molar-refractivity contribution < 1.29 is 23.1 Å². The van der Waals surface area contributed by atoms with Crippen molar-refractivity contribution >= 4 is 39.0 Å². The number of esters is 1. The zero-order valence-electron chi connectivity index (χ0n) is 13.1. The van der Waals surface area contributed by atoms with Crippen LogP contribution in [0.2, 0.25) is 0 Å². The van der Waals surface area contributed by atoms with Crippen molar-refractivity contribution in [2.75, 3.05) is 5.32 Å². The van der Waals surface area contributed by atoms with Crippen LogP contribution in [0.4, 0.5) is 14.5 Å². The van der Waals surface area contributed by atoms with Gasteiger partial charge in [0.05, 0.1) is 0 Å². The summed E-state index contributed by atoms with van der Waals surface area (Å²) in [5.74, 6) is -2.14. The van der Waals surface area contributed by atoms with Gasteiger partial charge in [0, 0.05) is 10.4 Å². The molecule has 128 valence electrons. The Balaban J connectivity index is 1.67. The lowest BCUT2D eigenvalue weighted by molar-refractivity contribution is -0.123. The third-order valence-corrected chi connectivity index (χ3v) is 4.52. The molecule has 0 spiro atoms. The molecule has 0 radical (unpaired) electrons. The van der Waals surface area contributed by atoms with Gasteiger partial charge in [-0.2, -0.15) is 0 Å². The van der Waals surface area contributed by atoms with Gasteiger partial charge in [-0.15, -0.1) is 11.3 Å². The van der Waals surface area contributed by atoms with E-state index in [2.05, 4.69) is 5.32 Å². The average molecular weight is 361 g/mol. The Hall–Kier alpha value is -2.80. The summed E-state index contributed by atoms with van der Waals surface area (Å²) >= 11 is 1.15. The maximum atomic E-state index is 13.2. The molecule has 0 fully saturated rings. The van der Waals surface area contributed by atoms with Crippen LogP contribution in [0.25, 0.3) is 10.1 Å². The van der Waals surface area contributed by atoms with Crippen LogP contribution in [0, 0.1) is 11.6 Å². The van der Waals surface area contributed by atoms with Crippen molar-refractivity contribution in [1.29, 1.82) is 0 Å². The second-order valence-electron chi connectivity index (χ2n) is 5.34. The standard InChI is InChI=1S/C18H13F2NO3S/c1-10(17(22)21-14-4-2-3-12(19)9-14)24-18(23)16-8-11-7-13(20)5-6-15(11)25-16/h2-10H,1H3,(H,21,22)/t10-/m1/s1. The zero-order chi connectivity index (χ0) is 18.0. The van der Waals surface area contributed by atoms with Crippen molar-refractivity contribution in [2.24, 2.45) is 0 Å². The summed E-state index contributed by atoms with van der Waals surface area (Å²) in [6.45, 7) is 1.42. The number of benzene rings is 2. The second-order valence-corrected chi connectivity index (χ2v) is 6.42. The third-order valence-electron chi connectivity index (χ3n) is 3.42. The first-order chi connectivity index (χ1) is 11.9. The summed E-state index contributed by atoms with van der Waals surface area (Å²) in [7, 11) is 0. The molecule has 7 heteroatoms. The number of hydrogen-bond donors (Lipinski definition) is 1. The molecule has 1 heterocycles. The zero-order valence-corrected chi connectivity index (χ0v) is 13.9. The third kappa shape index (κ3) is 4.00. The molecule has 0 saturated heterocycles. The molecular weight excluding hydrogens is 348 g/mol. The molecule has 1 atom stereocenters. The van der Waals surface area contributed by atoms with E-state index in [0.717, 1.165) is 22.1 Å². The van der Waals surface area contributed by atoms with E-state index in [-0.39, 0.29) is 10.6 Å². The number of rotatable bonds is 4. The quantitative estimate of drug-likeness (QED) is 0.703. The van der Waals surface area contributed by atoms with Crippen molar-refractivity contribution in [3.05, 3.63) is 65.0 Å². The maximum Gasteiger partial charge on any atom is 0.349 e. The summed E-state index contributed by atoms with van der Waals surface area (Å²) in [4.78, 5) is 24.5. The van der Waals surface area contributed by atoms with Gasteiger partial charge in [-0.25, -0.2) is 13.6 Å². The molecule has 1 N–H and O–H groups in total. The monoisotopic (exact) mass is 361 g/mol. The van der Waals surface area contributed by atoms with Crippen LogP contribution in [0.1, 0.15) is 16.6 Å². The summed E-state index contributed by atoms with van der Waals surface area (Å²) in [5.41, 5.74) is 0.269. The molecule has 1 amide bonds. The first-order valence-electron chi connectivity index (χ1n) is 7.39. The number of carbonyl (C=O) groups is 2. The summed E-state index contributed by atoms with van der Waals surface area (Å²) in [5, 5.41) is 3.06. The van der Waals surface area contributed by atoms with Gasteiger partial charge in [0.1, 0.15) is 16.5 Å². The number of ether oxygens (including phenoxy) is 1. The van der Waals surface area contributed by atoms with Crippen molar-refractivity contribution in [3.8, 4) is 0 Å². The highest BCUT2D eigenvalue weighted by molar-refractivity contribution is 7.20. The maximum absolute atomic E-state index is 13.2. The van der Waals surface area contributed by atoms with E-state index in [1.165, 1.54) is 43.3 Å². The number of hydrogen-bond acceptors (Lipinski definition) is 4. The summed E-state index contributed by atoms with van der Waals surface area (Å²) in [6, 6.07) is 11.1. The number of carbonyl (C=O) groups excluding carboxylic acids is 2. The van der Waals surface area contributed by atoms with Crippen LogP contribution in [-0.4, -0.2) is 18.0 Å². The van der Waals surface area contributed by atoms with Crippen molar-refractivity contribution in [3.63, 3.8) is 0 Å². The van der Waals surface area contributed by atoms with Gasteiger partial charge in [-0.1, -0.05) is 6.07 Å². The Morgan fingerprint density at radius 2 is 1.84 bits per heavy atom. The van der Waals surface area contributed by atoms with Crippen LogP contribution >= 0.6 is 11.3 Å². The summed E-state index contributed by atoms with van der Waals surface area (Å²) < 4.78 is 32.2. The Kier molecular flexibility index (Phi) is 4.76. The Labute approximate surface area is 146 Å². The van der Waals surface area contributed by atoms with Crippen LogP contribution in [0.5, 0.6) is 0 Å². The average Bonchev–Trinajstić information content (AvgIpc) is 2.98. The van der Waals surface area contributed by atoms with Crippen LogP contribution in [0.3, 0.4) is 0 Å². The van der Waals surface area contributed by atoms with Gasteiger partial charge in [-0.3, -0.25) is 4.79 Å². The Morgan fingerprint density at radius 3 is 2.60 bits per heavy atom. The fourth-order valence-electron chi connectivity index (χ4n) is 2.20. The number of anilines is 1. The van der Waals surface area contributed by atoms with Crippen molar-refractivity contribution in [1.82, 2.24) is 0 Å². The molecule has 4 nitrogen and oxygen atoms in total. The largest absolute Gasteiger partial charge is 0.448 e. The SMILES string of the molecule is C[C@@H](OC(=O)c1cc2cc(F)ccc2s1)C(=O)Nc1cccc(F)c1. The molecular formula is C18H13F2NO3S. The summed E-state index contributed by atoms with van der Waals surface area (Å²) in [6.07, 6.45) is -1.07. The molecule has 3 aromatic rings. The van der Waals surface area contributed by atoms with Gasteiger partial charge in [0.2, 0.25) is 0 Å². The van der Waals surface area contributed by atoms with Crippen LogP contribution in [0.15, 0.2) is 48.5 Å². The number of thiophene rings is 1. The molecule has 0 unspecified atom stereocenters. The Morgan fingerprint density at radius 1 is 1.08 bits per heavy atom. The topological polar surface area (TPSA) is 55.4 Å². The number of amides is 1. The molecule has 25 heavy (non-hydrogen) atoms. The van der Waals surface area contributed by atoms with E-state index in [0.29, 0.717) is 5.39 Å². The van der Waals surface area contributed by atoms with E-state index >= 15 is 0 Å². The number of halogens is 2. The highest BCUT2D eigenvalue weighted by Crippen LogP contribution is 2.27. The first kappa shape index (κ1) is 17.0. The van der Waals surface area contributed by atoms with E-state index in [9.17, 15) is 18.4 Å². The van der Waals surface area contributed by atoms with Crippen LogP contribution in [-0.2, 0) is 9.53 Å². The van der Waals surface area contributed by atoms with Gasteiger partial charge in [0.15, 0.2) is 6.10 Å². The highest BCUT2D eigenvalue weighted by Gasteiger charge is 2.20. The lowest BCUT2D eigenvalue weighted by Gasteiger charge is -2.13. The predicted octanol–water partition coefficient (Wildman–Crippen LogP) is 4.36. The lowest BCUT2D eigenvalue weighted by Crippen LogP contribution is -2.29. The fraction of sp³-hybridized carbons (Fsp3) is 0.111. The van der Waals surface area contributed by atoms with E-state index in [1.807, 2.05) is 0 Å². The molecule has 0 aliphatic carbocycles. The van der Waals surface area contributed by atoms with E-state index in [4.69, 9.17) is 4.74 Å². The molecule has 0 bridgehead atoms. The molecule has 0 saturated carbocycles. The molecule has 1 aromatic heterocycles. The highest BCUT2D eigenvalue weighted by atomic mass is 32.1. The fourth-order valence-corrected chi connectivity index (χ4v) is 3.12.